The van der Waals surface area contributed by atoms with Gasteiger partial charge in [-0.15, -0.1) is 5.10 Å². The summed E-state index contributed by atoms with van der Waals surface area (Å²) in [7, 11) is 0. The van der Waals surface area contributed by atoms with Gasteiger partial charge in [0.15, 0.2) is 0 Å². The van der Waals surface area contributed by atoms with Gasteiger partial charge in [-0.25, -0.2) is 14.6 Å². The molecule has 4 rings (SSSR count). The molecule has 3 N–H and O–H groups in total. The van der Waals surface area contributed by atoms with Gasteiger partial charge in [-0.05, 0) is 66.7 Å². The number of carbonyl (C=O) groups is 1. The van der Waals surface area contributed by atoms with E-state index >= 15 is 0 Å². The van der Waals surface area contributed by atoms with Crippen molar-refractivity contribution >= 4 is 28.9 Å². The van der Waals surface area contributed by atoms with Crippen LogP contribution in [0.5, 0.6) is 0 Å². The summed E-state index contributed by atoms with van der Waals surface area (Å²) in [5, 5.41) is 20.4. The Morgan fingerprint density at radius 1 is 1.00 bits per heavy atom. The van der Waals surface area contributed by atoms with Gasteiger partial charge in [0.25, 0.3) is 5.91 Å². The smallest absolute Gasteiger partial charge is 0.255 e. The van der Waals surface area contributed by atoms with E-state index in [0.29, 0.717) is 28.6 Å². The fourth-order valence-electron chi connectivity index (χ4n) is 2.96. The summed E-state index contributed by atoms with van der Waals surface area (Å²) in [5.41, 5.74) is 2.73. The zero-order chi connectivity index (χ0) is 21.6. The monoisotopic (exact) mass is 415 g/mol. The molecule has 31 heavy (non-hydrogen) atoms. The summed E-state index contributed by atoms with van der Waals surface area (Å²) >= 11 is 0. The lowest BCUT2D eigenvalue weighted by atomic mass is 10.2. The number of nitrogens with one attached hydrogen (secondary N) is 3. The van der Waals surface area contributed by atoms with Crippen LogP contribution in [-0.4, -0.2) is 42.6 Å². The third-order valence-electron chi connectivity index (χ3n) is 4.33. The molecule has 0 atom stereocenters. The number of rotatable bonds is 7. The highest BCUT2D eigenvalue weighted by atomic mass is 16.1. The number of hydrogen-bond acceptors (Lipinski definition) is 8. The molecule has 0 radical (unpaired) electrons. The molecule has 0 fully saturated rings. The lowest BCUT2D eigenvalue weighted by Gasteiger charge is -2.11. The van der Waals surface area contributed by atoms with Gasteiger partial charge in [-0.3, -0.25) is 4.79 Å². The molecule has 2 heterocycles. The summed E-state index contributed by atoms with van der Waals surface area (Å²) in [6, 6.07) is 16.3. The highest BCUT2D eigenvalue weighted by molar-refractivity contribution is 6.04. The van der Waals surface area contributed by atoms with Crippen molar-refractivity contribution in [1.29, 1.82) is 0 Å². The zero-order valence-electron chi connectivity index (χ0n) is 17.1. The second-order valence-electron chi connectivity index (χ2n) is 6.68. The average molecular weight is 415 g/mol. The molecule has 2 aromatic carbocycles. The molecule has 0 spiro atoms. The van der Waals surface area contributed by atoms with Crippen molar-refractivity contribution in [3.63, 3.8) is 0 Å². The molecule has 0 unspecified atom stereocenters. The van der Waals surface area contributed by atoms with Crippen molar-refractivity contribution in [3.05, 3.63) is 72.3 Å². The second-order valence-corrected chi connectivity index (χ2v) is 6.68. The first-order valence-electron chi connectivity index (χ1n) is 9.72. The van der Waals surface area contributed by atoms with Crippen LogP contribution in [0, 0.1) is 6.92 Å². The molecule has 1 amide bonds. The summed E-state index contributed by atoms with van der Waals surface area (Å²) in [4.78, 5) is 21.4. The first kappa shape index (κ1) is 20.0. The van der Waals surface area contributed by atoms with Crippen molar-refractivity contribution in [2.24, 2.45) is 0 Å². The van der Waals surface area contributed by atoms with E-state index in [1.165, 1.54) is 11.0 Å². The molecule has 156 valence electrons. The van der Waals surface area contributed by atoms with Crippen LogP contribution < -0.4 is 16.0 Å². The first-order valence-corrected chi connectivity index (χ1v) is 9.72. The fraction of sp³-hybridized carbons (Fsp3) is 0.143. The molecule has 0 aliphatic heterocycles. The number of nitrogens with zero attached hydrogens (tertiary/aromatic N) is 6. The number of carbonyl (C=O) groups excluding carboxylic acids is 1. The van der Waals surface area contributed by atoms with E-state index in [-0.39, 0.29) is 5.91 Å². The maximum atomic E-state index is 12.6. The van der Waals surface area contributed by atoms with Gasteiger partial charge in [0.2, 0.25) is 0 Å². The summed E-state index contributed by atoms with van der Waals surface area (Å²) in [5.74, 6) is 1.91. The van der Waals surface area contributed by atoms with E-state index in [1.54, 1.807) is 18.2 Å². The van der Waals surface area contributed by atoms with Gasteiger partial charge >= 0.3 is 0 Å². The minimum Gasteiger partial charge on any atom is -0.370 e. The van der Waals surface area contributed by atoms with Crippen LogP contribution in [-0.2, 0) is 0 Å². The number of tetrazole rings is 1. The molecule has 4 aromatic rings. The Morgan fingerprint density at radius 2 is 1.77 bits per heavy atom. The SMILES string of the molecule is CCNc1cc(Nc2ccc(NC(=O)c3cccc(-n4cnnn4)c3)cc2)nc(C)n1. The quantitative estimate of drug-likeness (QED) is 0.421. The van der Waals surface area contributed by atoms with E-state index in [0.717, 1.165) is 18.1 Å². The van der Waals surface area contributed by atoms with Crippen LogP contribution in [0.3, 0.4) is 0 Å². The number of aromatic nitrogens is 6. The van der Waals surface area contributed by atoms with Crippen LogP contribution in [0.15, 0.2) is 60.9 Å². The van der Waals surface area contributed by atoms with Crippen LogP contribution in [0.1, 0.15) is 23.1 Å². The Labute approximate surface area is 178 Å². The minimum atomic E-state index is -0.225. The lowest BCUT2D eigenvalue weighted by Crippen LogP contribution is -2.12. The Balaban J connectivity index is 1.43. The maximum absolute atomic E-state index is 12.6. The van der Waals surface area contributed by atoms with Gasteiger partial charge < -0.3 is 16.0 Å². The Bertz CT molecular complexity index is 1170. The Kier molecular flexibility index (Phi) is 5.79. The van der Waals surface area contributed by atoms with E-state index < -0.39 is 0 Å². The van der Waals surface area contributed by atoms with E-state index in [2.05, 4.69) is 41.4 Å². The largest absolute Gasteiger partial charge is 0.370 e. The molecule has 10 heteroatoms. The van der Waals surface area contributed by atoms with Gasteiger partial charge in [-0.2, -0.15) is 0 Å². The molecule has 0 saturated carbocycles. The van der Waals surface area contributed by atoms with Crippen molar-refractivity contribution in [3.8, 4) is 5.69 Å². The predicted molar refractivity (Wildman–Crippen MR) is 118 cm³/mol. The second kappa shape index (κ2) is 8.99. The summed E-state index contributed by atoms with van der Waals surface area (Å²) in [6.07, 6.45) is 1.48. The average Bonchev–Trinajstić information content (AvgIpc) is 3.30. The molecule has 2 aromatic heterocycles. The van der Waals surface area contributed by atoms with Gasteiger partial charge in [0, 0.05) is 29.5 Å². The standard InChI is InChI=1S/C21H21N9O/c1-3-22-19-12-20(25-14(2)24-19)26-16-7-9-17(10-8-16)27-21(31)15-5-4-6-18(11-15)30-13-23-28-29-30/h4-13H,3H2,1-2H3,(H,27,31)(H2,22,24,25,26). The minimum absolute atomic E-state index is 0.225. The van der Waals surface area contributed by atoms with E-state index in [1.807, 2.05) is 50.2 Å². The predicted octanol–water partition coefficient (Wildman–Crippen LogP) is 3.19. The van der Waals surface area contributed by atoms with Crippen molar-refractivity contribution in [2.75, 3.05) is 22.5 Å². The van der Waals surface area contributed by atoms with Crippen LogP contribution in [0.2, 0.25) is 0 Å². The number of hydrogen-bond donors (Lipinski definition) is 3. The summed E-state index contributed by atoms with van der Waals surface area (Å²) in [6.45, 7) is 4.64. The number of amides is 1. The molecule has 0 bridgehead atoms. The van der Waals surface area contributed by atoms with Gasteiger partial charge in [0.1, 0.15) is 23.8 Å². The fourth-order valence-corrected chi connectivity index (χ4v) is 2.96. The first-order chi connectivity index (χ1) is 15.1. The van der Waals surface area contributed by atoms with Crippen LogP contribution >= 0.6 is 0 Å². The lowest BCUT2D eigenvalue weighted by molar-refractivity contribution is 0.102. The molecule has 0 aliphatic rings. The zero-order valence-corrected chi connectivity index (χ0v) is 17.1. The highest BCUT2D eigenvalue weighted by Gasteiger charge is 2.09. The van der Waals surface area contributed by atoms with Crippen LogP contribution in [0.4, 0.5) is 23.0 Å². The molecule has 0 saturated heterocycles. The Morgan fingerprint density at radius 3 is 2.52 bits per heavy atom. The highest BCUT2D eigenvalue weighted by Crippen LogP contribution is 2.20. The van der Waals surface area contributed by atoms with Gasteiger partial charge in [-0.1, -0.05) is 6.07 Å². The molecule has 10 nitrogen and oxygen atoms in total. The van der Waals surface area contributed by atoms with Crippen molar-refractivity contribution in [1.82, 2.24) is 30.2 Å². The normalized spacial score (nSPS) is 10.5. The van der Waals surface area contributed by atoms with Crippen molar-refractivity contribution < 1.29 is 4.79 Å². The third kappa shape index (κ3) is 4.99. The molecule has 0 aliphatic carbocycles. The van der Waals surface area contributed by atoms with Crippen molar-refractivity contribution in [2.45, 2.75) is 13.8 Å². The van der Waals surface area contributed by atoms with E-state index in [9.17, 15) is 4.79 Å². The Hall–Kier alpha value is -4.34. The third-order valence-corrected chi connectivity index (χ3v) is 4.33. The summed E-state index contributed by atoms with van der Waals surface area (Å²) < 4.78 is 1.49. The number of anilines is 4. The molecular formula is C21H21N9O. The van der Waals surface area contributed by atoms with Gasteiger partial charge in [0.05, 0.1) is 5.69 Å². The topological polar surface area (TPSA) is 123 Å². The van der Waals surface area contributed by atoms with Crippen LogP contribution in [0.25, 0.3) is 5.69 Å². The maximum Gasteiger partial charge on any atom is 0.255 e. The van der Waals surface area contributed by atoms with E-state index in [4.69, 9.17) is 0 Å². The number of benzene rings is 2. The number of aryl methyl sites for hydroxylation is 1. The molecular weight excluding hydrogens is 394 g/mol.